The molecule has 0 aromatic carbocycles. The Labute approximate surface area is 130 Å². The molecule has 1 fully saturated rings. The predicted molar refractivity (Wildman–Crippen MR) is 86.1 cm³/mol. The summed E-state index contributed by atoms with van der Waals surface area (Å²) in [5.41, 5.74) is 1.29. The minimum atomic E-state index is 0.509. The van der Waals surface area contributed by atoms with Crippen LogP contribution in [0.5, 0.6) is 0 Å². The van der Waals surface area contributed by atoms with Crippen LogP contribution >= 0.6 is 12.2 Å². The van der Waals surface area contributed by atoms with E-state index in [0.717, 1.165) is 23.7 Å². The lowest BCUT2D eigenvalue weighted by molar-refractivity contribution is 0.509. The summed E-state index contributed by atoms with van der Waals surface area (Å²) < 4.78 is 2.95. The Morgan fingerprint density at radius 1 is 1.33 bits per heavy atom. The van der Waals surface area contributed by atoms with Crippen molar-refractivity contribution in [3.8, 4) is 0 Å². The fourth-order valence-electron chi connectivity index (χ4n) is 3.00. The number of anilines is 1. The zero-order valence-corrected chi connectivity index (χ0v) is 13.1. The molecule has 0 radical (unpaired) electrons. The van der Waals surface area contributed by atoms with Crippen molar-refractivity contribution < 1.29 is 0 Å². The van der Waals surface area contributed by atoms with E-state index in [1.165, 1.54) is 31.2 Å². The highest BCUT2D eigenvalue weighted by atomic mass is 32.1. The molecule has 0 aliphatic heterocycles. The van der Waals surface area contributed by atoms with Crippen LogP contribution in [-0.2, 0) is 6.42 Å². The molecule has 0 saturated heterocycles. The van der Waals surface area contributed by atoms with Gasteiger partial charge < -0.3 is 4.90 Å². The summed E-state index contributed by atoms with van der Waals surface area (Å²) in [6.45, 7) is 0.913. The number of pyridine rings is 1. The fraction of sp³-hybridized carbons (Fsp3) is 0.533. The van der Waals surface area contributed by atoms with Gasteiger partial charge in [-0.2, -0.15) is 0 Å². The second kappa shape index (κ2) is 6.39. The minimum absolute atomic E-state index is 0.509. The number of nitrogens with one attached hydrogen (secondary N) is 1. The highest BCUT2D eigenvalue weighted by Gasteiger charge is 2.22. The van der Waals surface area contributed by atoms with Gasteiger partial charge in [0, 0.05) is 32.0 Å². The molecule has 0 unspecified atom stereocenters. The zero-order valence-electron chi connectivity index (χ0n) is 12.3. The molecule has 1 aliphatic carbocycles. The van der Waals surface area contributed by atoms with E-state index >= 15 is 0 Å². The lowest BCUT2D eigenvalue weighted by atomic mass is 10.2. The van der Waals surface area contributed by atoms with Crippen LogP contribution in [0.25, 0.3) is 0 Å². The van der Waals surface area contributed by atoms with Crippen LogP contribution in [0.2, 0.25) is 0 Å². The third-order valence-electron chi connectivity index (χ3n) is 4.20. The molecule has 1 N–H and O–H groups in total. The summed E-state index contributed by atoms with van der Waals surface area (Å²) >= 11 is 5.42. The van der Waals surface area contributed by atoms with Crippen molar-refractivity contribution in [1.82, 2.24) is 19.7 Å². The molecule has 5 nitrogen and oxygen atoms in total. The average Bonchev–Trinajstić information content (AvgIpc) is 3.15. The summed E-state index contributed by atoms with van der Waals surface area (Å²) in [7, 11) is 2.08. The normalized spacial score (nSPS) is 15.5. The number of hydrogen-bond donors (Lipinski definition) is 1. The zero-order chi connectivity index (χ0) is 14.7. The molecule has 2 heterocycles. The first-order valence-corrected chi connectivity index (χ1v) is 7.93. The molecule has 0 bridgehead atoms. The first kappa shape index (κ1) is 14.3. The van der Waals surface area contributed by atoms with Crippen LogP contribution in [0, 0.1) is 4.77 Å². The third kappa shape index (κ3) is 3.15. The van der Waals surface area contributed by atoms with E-state index in [1.807, 2.05) is 12.4 Å². The summed E-state index contributed by atoms with van der Waals surface area (Å²) in [4.78, 5) is 6.24. The molecule has 21 heavy (non-hydrogen) atoms. The van der Waals surface area contributed by atoms with Crippen molar-refractivity contribution >= 4 is 18.2 Å². The van der Waals surface area contributed by atoms with Gasteiger partial charge in [-0.3, -0.25) is 9.55 Å². The molecule has 2 aromatic heterocycles. The molecule has 1 saturated carbocycles. The molecule has 3 rings (SSSR count). The molecule has 0 atom stereocenters. The van der Waals surface area contributed by atoms with Crippen LogP contribution < -0.4 is 4.90 Å². The van der Waals surface area contributed by atoms with E-state index in [-0.39, 0.29) is 0 Å². The molecular formula is C15H21N5S. The first-order valence-electron chi connectivity index (χ1n) is 7.52. The lowest BCUT2D eigenvalue weighted by Gasteiger charge is -2.21. The average molecular weight is 303 g/mol. The number of likely N-dealkylation sites (N-methyl/N-ethyl adjacent to an activating group) is 1. The van der Waals surface area contributed by atoms with Crippen LogP contribution in [0.3, 0.4) is 0 Å². The Balaban J connectivity index is 1.72. The summed E-state index contributed by atoms with van der Waals surface area (Å²) in [5, 5.41) is 7.39. The van der Waals surface area contributed by atoms with Gasteiger partial charge in [-0.1, -0.05) is 12.8 Å². The number of rotatable bonds is 5. The van der Waals surface area contributed by atoms with E-state index < -0.39 is 0 Å². The number of aromatic amines is 1. The van der Waals surface area contributed by atoms with Gasteiger partial charge in [0.15, 0.2) is 4.77 Å². The van der Waals surface area contributed by atoms with E-state index in [0.29, 0.717) is 6.04 Å². The van der Waals surface area contributed by atoms with Crippen molar-refractivity contribution in [2.24, 2.45) is 0 Å². The highest BCUT2D eigenvalue weighted by molar-refractivity contribution is 7.71. The Bertz CT molecular complexity index is 627. The second-order valence-corrected chi connectivity index (χ2v) is 6.05. The maximum atomic E-state index is 5.42. The third-order valence-corrected chi connectivity index (χ3v) is 4.49. The largest absolute Gasteiger partial charge is 0.344 e. The Morgan fingerprint density at radius 2 is 2.05 bits per heavy atom. The van der Waals surface area contributed by atoms with Crippen LogP contribution in [0.1, 0.15) is 37.3 Å². The summed E-state index contributed by atoms with van der Waals surface area (Å²) in [6, 6.07) is 4.62. The van der Waals surface area contributed by atoms with Crippen LogP contribution in [0.4, 0.5) is 5.95 Å². The molecule has 2 aromatic rings. The van der Waals surface area contributed by atoms with Gasteiger partial charge in [-0.15, -0.1) is 5.10 Å². The van der Waals surface area contributed by atoms with Gasteiger partial charge in [0.2, 0.25) is 5.95 Å². The SMILES string of the molecule is CN(CCc1ccncc1)c1n[nH]c(=S)n1C1CCCC1. The lowest BCUT2D eigenvalue weighted by Crippen LogP contribution is -2.25. The van der Waals surface area contributed by atoms with Crippen molar-refractivity contribution in [1.29, 1.82) is 0 Å². The Hall–Kier alpha value is -1.69. The van der Waals surface area contributed by atoms with Gasteiger partial charge in [0.25, 0.3) is 0 Å². The minimum Gasteiger partial charge on any atom is -0.344 e. The topological polar surface area (TPSA) is 49.7 Å². The summed E-state index contributed by atoms with van der Waals surface area (Å²) in [5.74, 6) is 0.959. The number of hydrogen-bond acceptors (Lipinski definition) is 4. The maximum absolute atomic E-state index is 5.42. The van der Waals surface area contributed by atoms with Gasteiger partial charge in [0.05, 0.1) is 0 Å². The molecule has 6 heteroatoms. The second-order valence-electron chi connectivity index (χ2n) is 5.66. The van der Waals surface area contributed by atoms with E-state index in [4.69, 9.17) is 12.2 Å². The van der Waals surface area contributed by atoms with E-state index in [9.17, 15) is 0 Å². The van der Waals surface area contributed by atoms with Crippen LogP contribution in [-0.4, -0.2) is 33.3 Å². The Kier molecular flexibility index (Phi) is 4.34. The highest BCUT2D eigenvalue weighted by Crippen LogP contribution is 2.32. The molecule has 1 aliphatic rings. The van der Waals surface area contributed by atoms with E-state index in [2.05, 4.69) is 43.8 Å². The van der Waals surface area contributed by atoms with Gasteiger partial charge >= 0.3 is 0 Å². The maximum Gasteiger partial charge on any atom is 0.225 e. The first-order chi connectivity index (χ1) is 10.3. The predicted octanol–water partition coefficient (Wildman–Crippen LogP) is 3.13. The van der Waals surface area contributed by atoms with Gasteiger partial charge in [-0.25, -0.2) is 5.10 Å². The molecule has 0 spiro atoms. The summed E-state index contributed by atoms with van der Waals surface area (Å²) in [6.07, 6.45) is 9.64. The van der Waals surface area contributed by atoms with Crippen molar-refractivity contribution in [2.45, 2.75) is 38.1 Å². The van der Waals surface area contributed by atoms with Gasteiger partial charge in [0.1, 0.15) is 0 Å². The van der Waals surface area contributed by atoms with Crippen molar-refractivity contribution in [3.63, 3.8) is 0 Å². The standard InChI is InChI=1S/C15H21N5S/c1-19(11-8-12-6-9-16-10-7-12)14-17-18-15(21)20(14)13-4-2-3-5-13/h6-7,9-10,13H,2-5,8,11H2,1H3,(H,18,21). The smallest absolute Gasteiger partial charge is 0.225 e. The number of aromatic nitrogens is 4. The van der Waals surface area contributed by atoms with Crippen molar-refractivity contribution in [2.75, 3.05) is 18.5 Å². The number of nitrogens with zero attached hydrogens (tertiary/aromatic N) is 4. The van der Waals surface area contributed by atoms with Crippen molar-refractivity contribution in [3.05, 3.63) is 34.9 Å². The monoisotopic (exact) mass is 303 g/mol. The molecule has 0 amide bonds. The quantitative estimate of drug-likeness (QED) is 0.862. The van der Waals surface area contributed by atoms with Gasteiger partial charge in [-0.05, 0) is 49.2 Å². The van der Waals surface area contributed by atoms with E-state index in [1.54, 1.807) is 0 Å². The fourth-order valence-corrected chi connectivity index (χ4v) is 3.28. The molecular weight excluding hydrogens is 282 g/mol. The van der Waals surface area contributed by atoms with Crippen LogP contribution in [0.15, 0.2) is 24.5 Å². The Morgan fingerprint density at radius 3 is 2.76 bits per heavy atom. The number of H-pyrrole nitrogens is 1. The molecule has 112 valence electrons.